The molecule has 0 aliphatic heterocycles. The number of aromatic carboxylic acids is 1. The van der Waals surface area contributed by atoms with Crippen LogP contribution in [0, 0.1) is 0 Å². The molecule has 0 aromatic heterocycles. The van der Waals surface area contributed by atoms with Crippen LogP contribution in [-0.4, -0.2) is 50.1 Å². The number of hydrogen-bond donors (Lipinski definition) is 1. The van der Waals surface area contributed by atoms with E-state index in [-0.39, 0.29) is 10.0 Å². The number of nitrogens with zero attached hydrogens (tertiary/aromatic N) is 1. The lowest BCUT2D eigenvalue weighted by Crippen LogP contribution is -2.29. The number of benzene rings is 1. The van der Waals surface area contributed by atoms with Crippen LogP contribution >= 0.6 is 23.2 Å². The molecule has 6 nitrogen and oxygen atoms in total. The minimum Gasteiger partial charge on any atom is -0.478 e. The number of rotatable bonds is 4. The van der Waals surface area contributed by atoms with Crippen molar-refractivity contribution in [3.05, 3.63) is 27.7 Å². The summed E-state index contributed by atoms with van der Waals surface area (Å²) in [6.07, 6.45) is 0. The van der Waals surface area contributed by atoms with E-state index in [4.69, 9.17) is 28.3 Å². The summed E-state index contributed by atoms with van der Waals surface area (Å²) in [5.41, 5.74) is -0.396. The molecule has 0 aliphatic carbocycles. The number of carbonyl (C=O) groups excluding carboxylic acids is 1. The molecule has 0 spiro atoms. The zero-order valence-electron chi connectivity index (χ0n) is 10.6. The number of sulfone groups is 1. The Morgan fingerprint density at radius 3 is 2.20 bits per heavy atom. The van der Waals surface area contributed by atoms with E-state index in [1.165, 1.54) is 14.1 Å². The Morgan fingerprint density at radius 2 is 1.75 bits per heavy atom. The largest absolute Gasteiger partial charge is 0.478 e. The average Bonchev–Trinajstić information content (AvgIpc) is 2.26. The molecule has 0 fully saturated rings. The van der Waals surface area contributed by atoms with Crippen molar-refractivity contribution < 1.29 is 23.1 Å². The molecular weight excluding hydrogens is 329 g/mol. The van der Waals surface area contributed by atoms with E-state index in [9.17, 15) is 18.0 Å². The fraction of sp³-hybridized carbons (Fsp3) is 0.273. The van der Waals surface area contributed by atoms with Gasteiger partial charge in [0.25, 0.3) is 0 Å². The Labute approximate surface area is 125 Å². The third-order valence-electron chi connectivity index (χ3n) is 2.40. The van der Waals surface area contributed by atoms with Crippen LogP contribution in [0.25, 0.3) is 0 Å². The molecule has 0 saturated heterocycles. The highest BCUT2D eigenvalue weighted by atomic mass is 35.5. The van der Waals surface area contributed by atoms with Gasteiger partial charge in [-0.15, -0.1) is 0 Å². The van der Waals surface area contributed by atoms with Gasteiger partial charge in [0.05, 0.1) is 20.5 Å². The molecule has 0 atom stereocenters. The second-order valence-corrected chi connectivity index (χ2v) is 6.89. The van der Waals surface area contributed by atoms with E-state index < -0.39 is 37.9 Å². The van der Waals surface area contributed by atoms with E-state index in [0.29, 0.717) is 0 Å². The van der Waals surface area contributed by atoms with Gasteiger partial charge in [0.1, 0.15) is 5.75 Å². The Morgan fingerprint density at radius 1 is 1.20 bits per heavy atom. The van der Waals surface area contributed by atoms with Crippen molar-refractivity contribution in [1.29, 1.82) is 0 Å². The Hall–Kier alpha value is -1.31. The fourth-order valence-electron chi connectivity index (χ4n) is 1.30. The number of halogens is 2. The third kappa shape index (κ3) is 3.62. The molecule has 0 heterocycles. The molecule has 0 radical (unpaired) electrons. The number of hydrogen-bond acceptors (Lipinski definition) is 4. The van der Waals surface area contributed by atoms with Gasteiger partial charge < -0.3 is 10.0 Å². The number of carbonyl (C=O) groups is 2. The SMILES string of the molecule is CN(C)C(=O)CS(=O)(=O)c1cc(C(=O)O)c(Cl)cc1Cl. The first-order valence-electron chi connectivity index (χ1n) is 5.21. The maximum absolute atomic E-state index is 12.1. The highest BCUT2D eigenvalue weighted by Gasteiger charge is 2.25. The lowest BCUT2D eigenvalue weighted by Gasteiger charge is -2.12. The minimum absolute atomic E-state index is 0.180. The van der Waals surface area contributed by atoms with Crippen molar-refractivity contribution >= 4 is 44.9 Å². The highest BCUT2D eigenvalue weighted by Crippen LogP contribution is 2.29. The average molecular weight is 340 g/mol. The topological polar surface area (TPSA) is 91.8 Å². The molecule has 1 aromatic carbocycles. The Balaban J connectivity index is 3.35. The first-order valence-corrected chi connectivity index (χ1v) is 7.62. The zero-order chi connectivity index (χ0) is 15.7. The van der Waals surface area contributed by atoms with Crippen LogP contribution in [0.15, 0.2) is 17.0 Å². The van der Waals surface area contributed by atoms with Crippen molar-refractivity contribution in [3.8, 4) is 0 Å². The van der Waals surface area contributed by atoms with Crippen molar-refractivity contribution in [2.24, 2.45) is 0 Å². The molecule has 1 N–H and O–H groups in total. The maximum atomic E-state index is 12.1. The second-order valence-electron chi connectivity index (χ2n) is 4.11. The Bertz CT molecular complexity index is 670. The summed E-state index contributed by atoms with van der Waals surface area (Å²) < 4.78 is 24.2. The summed E-state index contributed by atoms with van der Waals surface area (Å²) in [6, 6.07) is 1.88. The van der Waals surface area contributed by atoms with Gasteiger partial charge in [0.15, 0.2) is 9.84 Å². The first-order chi connectivity index (χ1) is 9.06. The van der Waals surface area contributed by atoms with Crippen LogP contribution in [0.3, 0.4) is 0 Å². The second kappa shape index (κ2) is 5.99. The minimum atomic E-state index is -4.05. The van der Waals surface area contributed by atoms with Crippen molar-refractivity contribution in [3.63, 3.8) is 0 Å². The van der Waals surface area contributed by atoms with E-state index in [1.807, 2.05) is 0 Å². The third-order valence-corrected chi connectivity index (χ3v) is 4.77. The van der Waals surface area contributed by atoms with Gasteiger partial charge in [-0.1, -0.05) is 23.2 Å². The molecule has 0 unspecified atom stereocenters. The van der Waals surface area contributed by atoms with Crippen LogP contribution in [0.4, 0.5) is 0 Å². The van der Waals surface area contributed by atoms with Gasteiger partial charge >= 0.3 is 5.97 Å². The Kier molecular flexibility index (Phi) is 5.01. The van der Waals surface area contributed by atoms with Crippen LogP contribution in [-0.2, 0) is 14.6 Å². The van der Waals surface area contributed by atoms with Crippen LogP contribution in [0.5, 0.6) is 0 Å². The molecule has 110 valence electrons. The summed E-state index contributed by atoms with van der Waals surface area (Å²) in [4.78, 5) is 23.1. The van der Waals surface area contributed by atoms with E-state index in [0.717, 1.165) is 17.0 Å². The van der Waals surface area contributed by atoms with Gasteiger partial charge in [-0.2, -0.15) is 0 Å². The summed E-state index contributed by atoms with van der Waals surface area (Å²) >= 11 is 11.4. The summed E-state index contributed by atoms with van der Waals surface area (Å²) in [5, 5.41) is 8.51. The number of amides is 1. The van der Waals surface area contributed by atoms with Crippen molar-refractivity contribution in [2.45, 2.75) is 4.90 Å². The molecule has 0 saturated carbocycles. The number of carboxylic acids is 1. The monoisotopic (exact) mass is 339 g/mol. The fourth-order valence-corrected chi connectivity index (χ4v) is 3.51. The lowest BCUT2D eigenvalue weighted by molar-refractivity contribution is -0.125. The standard InChI is InChI=1S/C11H11Cl2NO5S/c1-14(2)10(15)5-20(18,19)9-3-6(11(16)17)7(12)4-8(9)13/h3-4H,5H2,1-2H3,(H,16,17). The molecule has 20 heavy (non-hydrogen) atoms. The lowest BCUT2D eigenvalue weighted by atomic mass is 10.2. The summed E-state index contributed by atoms with van der Waals surface area (Å²) in [7, 11) is -1.24. The van der Waals surface area contributed by atoms with Gasteiger partial charge in [0.2, 0.25) is 5.91 Å². The smallest absolute Gasteiger partial charge is 0.337 e. The van der Waals surface area contributed by atoms with Gasteiger partial charge in [-0.3, -0.25) is 4.79 Å². The molecule has 1 amide bonds. The number of carboxylic acid groups (broad SMARTS) is 1. The summed E-state index contributed by atoms with van der Waals surface area (Å²) in [5.74, 6) is -2.84. The van der Waals surface area contributed by atoms with E-state index in [1.54, 1.807) is 0 Å². The first kappa shape index (κ1) is 16.7. The van der Waals surface area contributed by atoms with Gasteiger partial charge in [-0.05, 0) is 12.1 Å². The molecular formula is C11H11Cl2NO5S. The molecule has 1 rings (SSSR count). The summed E-state index contributed by atoms with van der Waals surface area (Å²) in [6.45, 7) is 0. The zero-order valence-corrected chi connectivity index (χ0v) is 12.9. The predicted molar refractivity (Wildman–Crippen MR) is 74.2 cm³/mol. The predicted octanol–water partition coefficient (Wildman–Crippen LogP) is 1.55. The molecule has 9 heteroatoms. The normalized spacial score (nSPS) is 11.2. The van der Waals surface area contributed by atoms with Crippen LogP contribution in [0.1, 0.15) is 10.4 Å². The molecule has 0 bridgehead atoms. The van der Waals surface area contributed by atoms with Gasteiger partial charge in [-0.25, -0.2) is 13.2 Å². The molecule has 1 aromatic rings. The van der Waals surface area contributed by atoms with E-state index >= 15 is 0 Å². The van der Waals surface area contributed by atoms with Crippen molar-refractivity contribution in [2.75, 3.05) is 19.8 Å². The van der Waals surface area contributed by atoms with Crippen LogP contribution < -0.4 is 0 Å². The van der Waals surface area contributed by atoms with Gasteiger partial charge in [0, 0.05) is 14.1 Å². The maximum Gasteiger partial charge on any atom is 0.337 e. The van der Waals surface area contributed by atoms with Crippen LogP contribution in [0.2, 0.25) is 10.0 Å². The quantitative estimate of drug-likeness (QED) is 0.898. The highest BCUT2D eigenvalue weighted by molar-refractivity contribution is 7.92. The van der Waals surface area contributed by atoms with Crippen molar-refractivity contribution in [1.82, 2.24) is 4.90 Å². The van der Waals surface area contributed by atoms with E-state index in [2.05, 4.69) is 0 Å². The molecule has 0 aliphatic rings.